The molecule has 7 nitrogen and oxygen atoms in total. The molecule has 0 saturated heterocycles. The number of fused-ring (bicyclic) bond motifs is 1. The highest BCUT2D eigenvalue weighted by atomic mass is 32.1. The van der Waals surface area contributed by atoms with E-state index in [9.17, 15) is 9.59 Å². The maximum Gasteiger partial charge on any atom is 0.222 e. The van der Waals surface area contributed by atoms with Gasteiger partial charge in [-0.05, 0) is 24.8 Å². The summed E-state index contributed by atoms with van der Waals surface area (Å²) in [6.45, 7) is 4.09. The second-order valence-electron chi connectivity index (χ2n) is 6.05. The first-order chi connectivity index (χ1) is 11.5. The maximum atomic E-state index is 12.4. The molecule has 2 aromatic heterocycles. The van der Waals surface area contributed by atoms with Gasteiger partial charge in [0.15, 0.2) is 0 Å². The number of nitrogens with zero attached hydrogens (tertiary/aromatic N) is 3. The van der Waals surface area contributed by atoms with E-state index < -0.39 is 0 Å². The van der Waals surface area contributed by atoms with Crippen LogP contribution in [0.2, 0.25) is 0 Å². The fourth-order valence-electron chi connectivity index (χ4n) is 3.01. The molecule has 2 aromatic rings. The lowest BCUT2D eigenvalue weighted by Crippen LogP contribution is -2.42. The molecule has 0 unspecified atom stereocenters. The number of rotatable bonds is 5. The number of carbonyl (C=O) groups excluding carboxylic acids is 2. The van der Waals surface area contributed by atoms with Crippen molar-refractivity contribution in [2.45, 2.75) is 51.7 Å². The summed E-state index contributed by atoms with van der Waals surface area (Å²) in [5.74, 6) is 1.66. The third-order valence-electron chi connectivity index (χ3n) is 4.15. The molecule has 0 saturated carbocycles. The molecule has 0 radical (unpaired) electrons. The standard InChI is InChI=1S/C16H21N5O2S/c1-10-19-20-15-6-5-12(9-21(10)15)18-16(23)8-13(17-11(2)22)14-4-3-7-24-14/h3-4,7,12-13H,5-6,8-9H2,1-2H3,(H,17,22)(H,18,23)/t12-,13+/m0/s1. The van der Waals surface area contributed by atoms with Gasteiger partial charge in [-0.3, -0.25) is 9.59 Å². The molecule has 24 heavy (non-hydrogen) atoms. The minimum absolute atomic E-state index is 0.0543. The first kappa shape index (κ1) is 16.6. The molecule has 0 aliphatic carbocycles. The number of hydrogen-bond donors (Lipinski definition) is 2. The number of nitrogens with one attached hydrogen (secondary N) is 2. The van der Waals surface area contributed by atoms with Crippen LogP contribution in [0.4, 0.5) is 0 Å². The molecule has 2 N–H and O–H groups in total. The molecule has 3 heterocycles. The monoisotopic (exact) mass is 347 g/mol. The Kier molecular flexibility index (Phi) is 4.94. The molecule has 1 aliphatic rings. The Morgan fingerprint density at radius 1 is 1.46 bits per heavy atom. The van der Waals surface area contributed by atoms with E-state index in [-0.39, 0.29) is 30.3 Å². The van der Waals surface area contributed by atoms with Crippen LogP contribution in [0.15, 0.2) is 17.5 Å². The lowest BCUT2D eigenvalue weighted by molar-refractivity contribution is -0.123. The van der Waals surface area contributed by atoms with Gasteiger partial charge in [-0.2, -0.15) is 0 Å². The summed E-state index contributed by atoms with van der Waals surface area (Å²) in [4.78, 5) is 24.8. The summed E-state index contributed by atoms with van der Waals surface area (Å²) in [6, 6.07) is 3.65. The molecule has 128 valence electrons. The molecule has 0 aromatic carbocycles. The number of thiophene rings is 1. The van der Waals surface area contributed by atoms with Gasteiger partial charge >= 0.3 is 0 Å². The zero-order chi connectivity index (χ0) is 17.1. The zero-order valence-corrected chi connectivity index (χ0v) is 14.6. The average Bonchev–Trinajstić information content (AvgIpc) is 3.17. The summed E-state index contributed by atoms with van der Waals surface area (Å²) in [5.41, 5.74) is 0. The third-order valence-corrected chi connectivity index (χ3v) is 5.14. The van der Waals surface area contributed by atoms with Crippen LogP contribution < -0.4 is 10.6 Å². The van der Waals surface area contributed by atoms with Gasteiger partial charge in [-0.25, -0.2) is 0 Å². The molecule has 2 atom stereocenters. The van der Waals surface area contributed by atoms with Crippen molar-refractivity contribution in [1.29, 1.82) is 0 Å². The van der Waals surface area contributed by atoms with Gasteiger partial charge in [0.1, 0.15) is 11.6 Å². The largest absolute Gasteiger partial charge is 0.351 e. The van der Waals surface area contributed by atoms with Gasteiger partial charge < -0.3 is 15.2 Å². The second-order valence-corrected chi connectivity index (χ2v) is 7.03. The molecule has 2 amide bonds. The number of aryl methyl sites for hydroxylation is 2. The number of carbonyl (C=O) groups is 2. The first-order valence-electron chi connectivity index (χ1n) is 8.01. The molecular weight excluding hydrogens is 326 g/mol. The van der Waals surface area contributed by atoms with Gasteiger partial charge in [0.25, 0.3) is 0 Å². The predicted molar refractivity (Wildman–Crippen MR) is 90.5 cm³/mol. The highest BCUT2D eigenvalue weighted by Gasteiger charge is 2.24. The lowest BCUT2D eigenvalue weighted by atomic mass is 10.1. The van der Waals surface area contributed by atoms with Crippen LogP contribution in [0.3, 0.4) is 0 Å². The lowest BCUT2D eigenvalue weighted by Gasteiger charge is -2.26. The Morgan fingerprint density at radius 3 is 3.00 bits per heavy atom. The van der Waals surface area contributed by atoms with Crippen molar-refractivity contribution < 1.29 is 9.59 Å². The highest BCUT2D eigenvalue weighted by Crippen LogP contribution is 2.22. The fourth-order valence-corrected chi connectivity index (χ4v) is 3.79. The fraction of sp³-hybridized carbons (Fsp3) is 0.500. The molecule has 0 spiro atoms. The van der Waals surface area contributed by atoms with E-state index in [2.05, 4.69) is 25.4 Å². The quantitative estimate of drug-likeness (QED) is 0.854. The summed E-state index contributed by atoms with van der Waals surface area (Å²) >= 11 is 1.54. The Balaban J connectivity index is 1.60. The van der Waals surface area contributed by atoms with Crippen molar-refractivity contribution in [3.63, 3.8) is 0 Å². The van der Waals surface area contributed by atoms with Crippen molar-refractivity contribution >= 4 is 23.2 Å². The first-order valence-corrected chi connectivity index (χ1v) is 8.89. The van der Waals surface area contributed by atoms with Crippen LogP contribution >= 0.6 is 11.3 Å². The Bertz CT molecular complexity index is 725. The van der Waals surface area contributed by atoms with Crippen LogP contribution in [-0.4, -0.2) is 32.6 Å². The number of aromatic nitrogens is 3. The van der Waals surface area contributed by atoms with Crippen LogP contribution in [0.1, 0.15) is 42.3 Å². The summed E-state index contributed by atoms with van der Waals surface area (Å²) < 4.78 is 2.05. The van der Waals surface area contributed by atoms with Crippen LogP contribution in [0, 0.1) is 6.92 Å². The van der Waals surface area contributed by atoms with E-state index in [0.29, 0.717) is 6.54 Å². The van der Waals surface area contributed by atoms with Crippen LogP contribution in [0.25, 0.3) is 0 Å². The van der Waals surface area contributed by atoms with Crippen LogP contribution in [-0.2, 0) is 22.6 Å². The molecule has 8 heteroatoms. The number of hydrogen-bond acceptors (Lipinski definition) is 5. The van der Waals surface area contributed by atoms with Gasteiger partial charge in [-0.1, -0.05) is 6.07 Å². The van der Waals surface area contributed by atoms with Crippen molar-refractivity contribution in [3.8, 4) is 0 Å². The Morgan fingerprint density at radius 2 is 2.29 bits per heavy atom. The third kappa shape index (κ3) is 3.81. The molecule has 0 fully saturated rings. The number of amides is 2. The van der Waals surface area contributed by atoms with Crippen LogP contribution in [0.5, 0.6) is 0 Å². The minimum atomic E-state index is -0.279. The topological polar surface area (TPSA) is 88.9 Å². The summed E-state index contributed by atoms with van der Waals surface area (Å²) in [5, 5.41) is 16.1. The Labute approximate surface area is 144 Å². The zero-order valence-electron chi connectivity index (χ0n) is 13.8. The molecular formula is C16H21N5O2S. The van der Waals surface area contributed by atoms with E-state index >= 15 is 0 Å². The van der Waals surface area contributed by atoms with E-state index in [1.165, 1.54) is 18.3 Å². The maximum absolute atomic E-state index is 12.4. The van der Waals surface area contributed by atoms with Gasteiger partial charge in [0, 0.05) is 30.8 Å². The van der Waals surface area contributed by atoms with Crippen molar-refractivity contribution in [2.24, 2.45) is 0 Å². The second kappa shape index (κ2) is 7.12. The highest BCUT2D eigenvalue weighted by molar-refractivity contribution is 7.10. The van der Waals surface area contributed by atoms with Gasteiger partial charge in [-0.15, -0.1) is 21.5 Å². The molecule has 0 bridgehead atoms. The predicted octanol–water partition coefficient (Wildman–Crippen LogP) is 1.35. The smallest absolute Gasteiger partial charge is 0.222 e. The SMILES string of the molecule is CC(=O)N[C@H](CC(=O)N[C@H]1CCc2nnc(C)n2C1)c1cccs1. The van der Waals surface area contributed by atoms with Crippen molar-refractivity contribution in [2.75, 3.05) is 0 Å². The van der Waals surface area contributed by atoms with E-state index in [0.717, 1.165) is 29.4 Å². The van der Waals surface area contributed by atoms with Crippen molar-refractivity contribution in [1.82, 2.24) is 25.4 Å². The average molecular weight is 347 g/mol. The summed E-state index contributed by atoms with van der Waals surface area (Å²) in [6.07, 6.45) is 1.91. The van der Waals surface area contributed by atoms with E-state index in [1.54, 1.807) is 0 Å². The van der Waals surface area contributed by atoms with Gasteiger partial charge in [0.2, 0.25) is 11.8 Å². The minimum Gasteiger partial charge on any atom is -0.351 e. The van der Waals surface area contributed by atoms with E-state index in [4.69, 9.17) is 0 Å². The van der Waals surface area contributed by atoms with E-state index in [1.807, 2.05) is 24.4 Å². The van der Waals surface area contributed by atoms with Gasteiger partial charge in [0.05, 0.1) is 12.5 Å². The molecule has 1 aliphatic heterocycles. The van der Waals surface area contributed by atoms with Crippen molar-refractivity contribution in [3.05, 3.63) is 34.0 Å². The normalized spacial score (nSPS) is 17.8. The Hall–Kier alpha value is -2.22. The summed E-state index contributed by atoms with van der Waals surface area (Å²) in [7, 11) is 0. The molecule has 3 rings (SSSR count).